The van der Waals surface area contributed by atoms with Gasteiger partial charge in [0.1, 0.15) is 6.10 Å². The summed E-state index contributed by atoms with van der Waals surface area (Å²) in [6, 6.07) is 18.5. The van der Waals surface area contributed by atoms with E-state index >= 15 is 0 Å². The van der Waals surface area contributed by atoms with Gasteiger partial charge in [-0.1, -0.05) is 54.6 Å². The number of hydrogen-bond acceptors (Lipinski definition) is 5. The molecule has 1 heterocycles. The Labute approximate surface area is 211 Å². The van der Waals surface area contributed by atoms with Crippen molar-refractivity contribution in [3.63, 3.8) is 0 Å². The van der Waals surface area contributed by atoms with Crippen LogP contribution in [0.25, 0.3) is 10.4 Å². The first kappa shape index (κ1) is 24.0. The highest BCUT2D eigenvalue weighted by atomic mass is 32.1. The molecule has 0 bridgehead atoms. The molecular formula is C29H34N2O3S. The largest absolute Gasteiger partial charge is 0.441 e. The molecule has 2 aliphatic carbocycles. The number of nitrogens with one attached hydrogen (secondary N) is 1. The minimum absolute atomic E-state index is 0.252. The summed E-state index contributed by atoms with van der Waals surface area (Å²) >= 11 is 1.40. The number of rotatable bonds is 7. The lowest BCUT2D eigenvalue weighted by molar-refractivity contribution is 0.121. The summed E-state index contributed by atoms with van der Waals surface area (Å²) in [5, 5.41) is 12.7. The topological polar surface area (TPSA) is 71.5 Å². The standard InChI is InChI=1S/C29H34N2O3S/c1-19-26(30-28(33)34-20(2)21-6-4-3-5-7-21)27(35-31-19)24-10-8-22(9-11-24)23-12-14-25(15-13-23)29(18-32)16-17-29/h3-11,20,23,25,32H,12-18H2,1-2H3,(H,30,33). The Hall–Kier alpha value is -2.70. The lowest BCUT2D eigenvalue weighted by Gasteiger charge is -2.33. The van der Waals surface area contributed by atoms with Crippen molar-refractivity contribution < 1.29 is 14.6 Å². The molecule has 1 atom stereocenters. The molecule has 2 saturated carbocycles. The van der Waals surface area contributed by atoms with Crippen LogP contribution in [0.3, 0.4) is 0 Å². The molecule has 184 valence electrons. The minimum atomic E-state index is -0.476. The van der Waals surface area contributed by atoms with Crippen LogP contribution in [0, 0.1) is 18.3 Å². The Morgan fingerprint density at radius 2 is 1.80 bits per heavy atom. The van der Waals surface area contributed by atoms with E-state index in [2.05, 4.69) is 34.0 Å². The van der Waals surface area contributed by atoms with Gasteiger partial charge in [-0.25, -0.2) is 4.79 Å². The van der Waals surface area contributed by atoms with Gasteiger partial charge in [-0.15, -0.1) is 0 Å². The van der Waals surface area contributed by atoms with Crippen molar-refractivity contribution in [3.8, 4) is 10.4 Å². The van der Waals surface area contributed by atoms with Crippen molar-refractivity contribution >= 4 is 23.3 Å². The second kappa shape index (κ2) is 10.1. The zero-order chi connectivity index (χ0) is 24.4. The third-order valence-corrected chi connectivity index (χ3v) is 9.07. The molecule has 0 spiro atoms. The molecule has 0 radical (unpaired) electrons. The van der Waals surface area contributed by atoms with Crippen molar-refractivity contribution in [2.24, 2.45) is 11.3 Å². The fraction of sp³-hybridized carbons (Fsp3) is 0.448. The number of anilines is 1. The fourth-order valence-electron chi connectivity index (χ4n) is 5.60. The monoisotopic (exact) mass is 490 g/mol. The number of carbonyl (C=O) groups excluding carboxylic acids is 1. The van der Waals surface area contributed by atoms with Crippen LogP contribution in [0.2, 0.25) is 0 Å². The average Bonchev–Trinajstić information content (AvgIpc) is 3.62. The van der Waals surface area contributed by atoms with Crippen molar-refractivity contribution in [1.29, 1.82) is 0 Å². The molecule has 0 aliphatic heterocycles. The number of aliphatic hydroxyl groups excluding tert-OH is 1. The van der Waals surface area contributed by atoms with E-state index in [0.29, 0.717) is 24.1 Å². The molecule has 3 aromatic rings. The maximum absolute atomic E-state index is 12.6. The molecule has 2 aromatic carbocycles. The second-order valence-electron chi connectivity index (χ2n) is 10.2. The van der Waals surface area contributed by atoms with Gasteiger partial charge in [0.2, 0.25) is 0 Å². The summed E-state index contributed by atoms with van der Waals surface area (Å²) in [6.07, 6.45) is 6.43. The highest BCUT2D eigenvalue weighted by Crippen LogP contribution is 2.57. The van der Waals surface area contributed by atoms with Crippen LogP contribution in [0.4, 0.5) is 10.5 Å². The Morgan fingerprint density at radius 1 is 1.11 bits per heavy atom. The summed E-state index contributed by atoms with van der Waals surface area (Å²) in [7, 11) is 0. The number of aromatic nitrogens is 1. The number of nitrogens with zero attached hydrogens (tertiary/aromatic N) is 1. The van der Waals surface area contributed by atoms with Gasteiger partial charge < -0.3 is 9.84 Å². The number of amides is 1. The average molecular weight is 491 g/mol. The van der Waals surface area contributed by atoms with Crippen LogP contribution in [0.5, 0.6) is 0 Å². The summed E-state index contributed by atoms with van der Waals surface area (Å²) in [6.45, 7) is 4.14. The number of aliphatic hydroxyl groups is 1. The third kappa shape index (κ3) is 5.14. The van der Waals surface area contributed by atoms with Gasteiger partial charge >= 0.3 is 6.09 Å². The van der Waals surface area contributed by atoms with Gasteiger partial charge in [-0.2, -0.15) is 4.37 Å². The SMILES string of the molecule is Cc1nsc(-c2ccc(C3CCC(C4(CO)CC4)CC3)cc2)c1NC(=O)OC(C)c1ccccc1. The van der Waals surface area contributed by atoms with E-state index in [9.17, 15) is 9.90 Å². The number of carbonyl (C=O) groups is 1. The van der Waals surface area contributed by atoms with Gasteiger partial charge in [-0.3, -0.25) is 5.32 Å². The molecule has 0 saturated heterocycles. The van der Waals surface area contributed by atoms with E-state index in [1.54, 1.807) is 0 Å². The van der Waals surface area contributed by atoms with E-state index in [1.165, 1.54) is 55.6 Å². The van der Waals surface area contributed by atoms with Gasteiger partial charge in [0.15, 0.2) is 0 Å². The first-order chi connectivity index (χ1) is 17.0. The number of aryl methyl sites for hydroxylation is 1. The van der Waals surface area contributed by atoms with Crippen LogP contribution in [0.1, 0.15) is 74.3 Å². The van der Waals surface area contributed by atoms with Crippen LogP contribution in [0.15, 0.2) is 54.6 Å². The maximum atomic E-state index is 12.6. The molecule has 6 heteroatoms. The lowest BCUT2D eigenvalue weighted by atomic mass is 9.72. The Balaban J connectivity index is 1.23. The van der Waals surface area contributed by atoms with Gasteiger partial charge in [-0.05, 0) is 97.8 Å². The van der Waals surface area contributed by atoms with Crippen LogP contribution >= 0.6 is 11.5 Å². The predicted molar refractivity (Wildman–Crippen MR) is 141 cm³/mol. The number of hydrogen-bond donors (Lipinski definition) is 2. The molecular weight excluding hydrogens is 456 g/mol. The molecule has 2 aliphatic rings. The minimum Gasteiger partial charge on any atom is -0.441 e. The molecule has 1 unspecified atom stereocenters. The molecule has 1 amide bonds. The lowest BCUT2D eigenvalue weighted by Crippen LogP contribution is -2.24. The van der Waals surface area contributed by atoms with Crippen LogP contribution in [-0.4, -0.2) is 22.2 Å². The molecule has 2 fully saturated rings. The smallest absolute Gasteiger partial charge is 0.412 e. The first-order valence-electron chi connectivity index (χ1n) is 12.7. The van der Waals surface area contributed by atoms with E-state index < -0.39 is 6.09 Å². The Kier molecular flexibility index (Phi) is 6.94. The highest BCUT2D eigenvalue weighted by molar-refractivity contribution is 7.10. The summed E-state index contributed by atoms with van der Waals surface area (Å²) in [5.41, 5.74) is 5.14. The third-order valence-electron chi connectivity index (χ3n) is 8.09. The number of benzene rings is 2. The van der Waals surface area contributed by atoms with Gasteiger partial charge in [0.05, 0.1) is 16.3 Å². The predicted octanol–water partition coefficient (Wildman–Crippen LogP) is 7.47. The summed E-state index contributed by atoms with van der Waals surface area (Å²) < 4.78 is 10.1. The Morgan fingerprint density at radius 3 is 2.43 bits per heavy atom. The molecule has 2 N–H and O–H groups in total. The van der Waals surface area contributed by atoms with E-state index in [1.807, 2.05) is 44.2 Å². The fourth-order valence-corrected chi connectivity index (χ4v) is 6.45. The highest BCUT2D eigenvalue weighted by Gasteiger charge is 2.49. The zero-order valence-corrected chi connectivity index (χ0v) is 21.3. The summed E-state index contributed by atoms with van der Waals surface area (Å²) in [5.74, 6) is 1.28. The quantitative estimate of drug-likeness (QED) is 0.360. The molecule has 35 heavy (non-hydrogen) atoms. The summed E-state index contributed by atoms with van der Waals surface area (Å²) in [4.78, 5) is 13.6. The van der Waals surface area contributed by atoms with Gasteiger partial charge in [0.25, 0.3) is 0 Å². The zero-order valence-electron chi connectivity index (χ0n) is 20.5. The van der Waals surface area contributed by atoms with E-state index in [4.69, 9.17) is 4.74 Å². The van der Waals surface area contributed by atoms with Gasteiger partial charge in [0, 0.05) is 6.61 Å². The van der Waals surface area contributed by atoms with Crippen molar-refractivity contribution in [2.45, 2.75) is 64.4 Å². The Bertz CT molecular complexity index is 1150. The van der Waals surface area contributed by atoms with E-state index in [-0.39, 0.29) is 11.5 Å². The normalized spacial score (nSPS) is 21.8. The van der Waals surface area contributed by atoms with Crippen molar-refractivity contribution in [1.82, 2.24) is 4.37 Å². The molecule has 5 rings (SSSR count). The van der Waals surface area contributed by atoms with Crippen molar-refractivity contribution in [2.75, 3.05) is 11.9 Å². The maximum Gasteiger partial charge on any atom is 0.412 e. The molecule has 5 nitrogen and oxygen atoms in total. The first-order valence-corrected chi connectivity index (χ1v) is 13.5. The second-order valence-corrected chi connectivity index (χ2v) is 11.0. The van der Waals surface area contributed by atoms with Crippen LogP contribution < -0.4 is 5.32 Å². The number of ether oxygens (including phenoxy) is 1. The molecule has 1 aromatic heterocycles. The van der Waals surface area contributed by atoms with E-state index in [0.717, 1.165) is 21.7 Å². The van der Waals surface area contributed by atoms with Crippen LogP contribution in [-0.2, 0) is 4.74 Å². The van der Waals surface area contributed by atoms with Crippen molar-refractivity contribution in [3.05, 3.63) is 71.4 Å².